The Morgan fingerprint density at radius 3 is 0.948 bits per heavy atom. The molecule has 0 fully saturated rings. The van der Waals surface area contributed by atoms with Crippen LogP contribution in [-0.4, -0.2) is 71.7 Å². The molecule has 8 aromatic rings. The van der Waals surface area contributed by atoms with E-state index in [0.717, 1.165) is 40.9 Å². The summed E-state index contributed by atoms with van der Waals surface area (Å²) >= 11 is 0. The minimum Gasteiger partial charge on any atom is -0.494 e. The van der Waals surface area contributed by atoms with Crippen molar-refractivity contribution < 1.29 is 68.1 Å². The van der Waals surface area contributed by atoms with E-state index in [0.29, 0.717) is 45.9 Å². The summed E-state index contributed by atoms with van der Waals surface area (Å²) in [7, 11) is 0. The Morgan fingerprint density at radius 1 is 0.390 bits per heavy atom. The van der Waals surface area contributed by atoms with Gasteiger partial charge in [0.15, 0.2) is 0 Å². The zero-order valence-electron chi connectivity index (χ0n) is 40.6. The molecule has 4 heterocycles. The average molecular weight is 1030 g/mol. The lowest BCUT2D eigenvalue weighted by Crippen LogP contribution is -2.43. The summed E-state index contributed by atoms with van der Waals surface area (Å²) in [5.74, 6) is -2.74. The number of carbonyl (C=O) groups is 6. The predicted molar refractivity (Wildman–Crippen MR) is 279 cm³/mol. The van der Waals surface area contributed by atoms with Crippen LogP contribution in [0, 0.1) is 0 Å². The molecule has 20 nitrogen and oxygen atoms in total. The minimum atomic E-state index is -0.673. The molecule has 77 heavy (non-hydrogen) atoms. The zero-order valence-corrected chi connectivity index (χ0v) is 40.6. The van der Waals surface area contributed by atoms with Gasteiger partial charge in [0.1, 0.15) is 64.0 Å². The van der Waals surface area contributed by atoms with Crippen molar-refractivity contribution in [2.75, 3.05) is 26.3 Å². The Bertz CT molecular complexity index is 3500. The van der Waals surface area contributed by atoms with Crippen LogP contribution < -0.4 is 38.5 Å². The smallest absolute Gasteiger partial charge is 0.258 e. The Kier molecular flexibility index (Phi) is 13.2. The van der Waals surface area contributed by atoms with Gasteiger partial charge in [-0.1, -0.05) is 36.4 Å². The predicted octanol–water partition coefficient (Wildman–Crippen LogP) is 9.48. The molecule has 20 heteroatoms. The molecule has 0 spiro atoms. The lowest BCUT2D eigenvalue weighted by molar-refractivity contribution is -0.121. The van der Waals surface area contributed by atoms with Crippen LogP contribution in [0.5, 0.6) is 69.5 Å². The number of carbonyl (C=O) groups excluding carboxylic acids is 6. The van der Waals surface area contributed by atoms with E-state index in [-0.39, 0.29) is 34.2 Å². The number of rotatable bonds is 16. The maximum Gasteiger partial charge on any atom is 0.258 e. The standard InChI is InChI=1S/C57H42N6O14/c1-34(64)58(48-31-54(70)62(56(48)72)38-11-5-15-42(27-38)76-46-19-7-17-44(29-46)74-40-13-3-9-36(25-40)60-50(66)21-22-51(60)67)33-59(35(2)65)49-32-55(71)63(57(49)73)39-12-6-16-43(28-39)77-47-20-8-18-45(30-47)75-41-14-4-10-37(26-41)61-52(68)23-24-53(61)69/h3-32,70-73H,33H2,1-2H3. The molecule has 384 valence electrons. The van der Waals surface area contributed by atoms with E-state index in [9.17, 15) is 49.2 Å². The molecule has 4 N–H and O–H groups in total. The topological polar surface area (TPSA) is 243 Å². The fourth-order valence-corrected chi connectivity index (χ4v) is 8.49. The third-order valence-corrected chi connectivity index (χ3v) is 12.0. The molecule has 2 aliphatic rings. The van der Waals surface area contributed by atoms with E-state index in [4.69, 9.17) is 18.9 Å². The van der Waals surface area contributed by atoms with E-state index in [1.165, 1.54) is 50.3 Å². The summed E-state index contributed by atoms with van der Waals surface area (Å²) in [4.78, 5) is 79.7. The van der Waals surface area contributed by atoms with Crippen LogP contribution in [0.1, 0.15) is 13.8 Å². The summed E-state index contributed by atoms with van der Waals surface area (Å²) in [5.41, 5.74) is 0.677. The molecule has 6 aromatic carbocycles. The van der Waals surface area contributed by atoms with Crippen LogP contribution in [0.15, 0.2) is 182 Å². The number of hydrogen-bond acceptors (Lipinski definition) is 14. The average Bonchev–Trinajstić information content (AvgIpc) is 4.15. The van der Waals surface area contributed by atoms with Crippen LogP contribution in [0.3, 0.4) is 0 Å². The second-order valence-corrected chi connectivity index (χ2v) is 17.2. The zero-order chi connectivity index (χ0) is 54.1. The van der Waals surface area contributed by atoms with E-state index >= 15 is 0 Å². The molecule has 0 saturated carbocycles. The minimum absolute atomic E-state index is 0.209. The molecular weight excluding hydrogens is 993 g/mol. The van der Waals surface area contributed by atoms with Gasteiger partial charge >= 0.3 is 0 Å². The van der Waals surface area contributed by atoms with E-state index in [1.54, 1.807) is 133 Å². The molecule has 0 unspecified atom stereocenters. The largest absolute Gasteiger partial charge is 0.494 e. The normalized spacial score (nSPS) is 12.9. The maximum atomic E-state index is 13.4. The van der Waals surface area contributed by atoms with E-state index < -0.39 is 65.6 Å². The number of aromatic nitrogens is 2. The van der Waals surface area contributed by atoms with Crippen molar-refractivity contribution in [2.45, 2.75) is 13.8 Å². The monoisotopic (exact) mass is 1030 g/mol. The van der Waals surface area contributed by atoms with Crippen LogP contribution in [-0.2, 0) is 28.8 Å². The number of hydrogen-bond donors (Lipinski definition) is 4. The van der Waals surface area contributed by atoms with Crippen molar-refractivity contribution in [2.24, 2.45) is 0 Å². The maximum absolute atomic E-state index is 13.4. The van der Waals surface area contributed by atoms with Gasteiger partial charge in [0.05, 0.1) is 22.7 Å². The van der Waals surface area contributed by atoms with Gasteiger partial charge in [-0.25, -0.2) is 18.9 Å². The van der Waals surface area contributed by atoms with Crippen LogP contribution in [0.25, 0.3) is 11.4 Å². The van der Waals surface area contributed by atoms with Gasteiger partial charge < -0.3 is 39.4 Å². The molecule has 0 aliphatic carbocycles. The second kappa shape index (κ2) is 20.5. The third-order valence-electron chi connectivity index (χ3n) is 12.0. The molecule has 0 radical (unpaired) electrons. The van der Waals surface area contributed by atoms with Crippen molar-refractivity contribution in [3.05, 3.63) is 182 Å². The Hall–Kier alpha value is -11.0. The van der Waals surface area contributed by atoms with E-state index in [1.807, 2.05) is 0 Å². The summed E-state index contributed by atoms with van der Waals surface area (Å²) in [6.45, 7) is 1.75. The Morgan fingerprint density at radius 2 is 0.649 bits per heavy atom. The molecule has 0 atom stereocenters. The molecule has 10 rings (SSSR count). The van der Waals surface area contributed by atoms with Gasteiger partial charge in [0.2, 0.25) is 35.3 Å². The van der Waals surface area contributed by atoms with Gasteiger partial charge in [-0.3, -0.25) is 38.6 Å². The lowest BCUT2D eigenvalue weighted by Gasteiger charge is -2.28. The highest BCUT2D eigenvalue weighted by Gasteiger charge is 2.31. The summed E-state index contributed by atoms with van der Waals surface area (Å²) in [6.07, 6.45) is 4.75. The highest BCUT2D eigenvalue weighted by Crippen LogP contribution is 2.43. The molecular formula is C57H42N6O14. The van der Waals surface area contributed by atoms with Crippen molar-refractivity contribution >= 4 is 58.2 Å². The fraction of sp³-hybridized carbons (Fsp3) is 0.0526. The summed E-state index contributed by atoms with van der Waals surface area (Å²) in [6, 6.07) is 41.1. The van der Waals surface area contributed by atoms with Crippen LogP contribution in [0.2, 0.25) is 0 Å². The third kappa shape index (κ3) is 10.2. The first kappa shape index (κ1) is 49.6. The van der Waals surface area contributed by atoms with E-state index in [2.05, 4.69) is 0 Å². The van der Waals surface area contributed by atoms with Crippen LogP contribution in [0.4, 0.5) is 22.7 Å². The first-order valence-corrected chi connectivity index (χ1v) is 23.4. The highest BCUT2D eigenvalue weighted by molar-refractivity contribution is 6.28. The van der Waals surface area contributed by atoms with Gasteiger partial charge in [0.25, 0.3) is 23.6 Å². The van der Waals surface area contributed by atoms with Crippen LogP contribution >= 0.6 is 0 Å². The number of amides is 6. The molecule has 0 saturated heterocycles. The van der Waals surface area contributed by atoms with Gasteiger partial charge in [-0.2, -0.15) is 0 Å². The van der Waals surface area contributed by atoms with Crippen molar-refractivity contribution in [3.63, 3.8) is 0 Å². The van der Waals surface area contributed by atoms with Crippen molar-refractivity contribution in [1.82, 2.24) is 9.13 Å². The SMILES string of the molecule is CC(=O)N(CN(C(C)=O)c1cc(O)n(-c2cccc(Oc3cccc(Oc4cccc(N5C(=O)C=CC5=O)c4)c3)c2)c1O)c1cc(O)n(-c2cccc(Oc3cccc(Oc4cccc(N5C(=O)C=CC5=O)c4)c3)c2)c1O. The first-order valence-electron chi connectivity index (χ1n) is 23.4. The van der Waals surface area contributed by atoms with Gasteiger partial charge in [-0.15, -0.1) is 0 Å². The number of imide groups is 2. The van der Waals surface area contributed by atoms with Crippen molar-refractivity contribution in [1.29, 1.82) is 0 Å². The van der Waals surface area contributed by atoms with Gasteiger partial charge in [0, 0.05) is 86.7 Å². The number of ether oxygens (including phenoxy) is 4. The molecule has 2 aliphatic heterocycles. The summed E-state index contributed by atoms with van der Waals surface area (Å²) < 4.78 is 26.4. The van der Waals surface area contributed by atoms with Crippen molar-refractivity contribution in [3.8, 4) is 80.9 Å². The fourth-order valence-electron chi connectivity index (χ4n) is 8.49. The number of anilines is 4. The molecule has 0 bridgehead atoms. The molecule has 6 amide bonds. The molecule has 2 aromatic heterocycles. The second-order valence-electron chi connectivity index (χ2n) is 17.2. The lowest BCUT2D eigenvalue weighted by atomic mass is 10.2. The number of aromatic hydroxyl groups is 4. The first-order chi connectivity index (χ1) is 37.1. The summed E-state index contributed by atoms with van der Waals surface area (Å²) in [5, 5.41) is 45.9. The highest BCUT2D eigenvalue weighted by atomic mass is 16.5. The van der Waals surface area contributed by atoms with Gasteiger partial charge in [-0.05, 0) is 72.8 Å². The Balaban J connectivity index is 0.839. The quantitative estimate of drug-likeness (QED) is 0.0520. The number of benzene rings is 6. The number of nitrogens with zero attached hydrogens (tertiary/aromatic N) is 6. The Labute approximate surface area is 437 Å².